The molecule has 0 aromatic rings. The van der Waals surface area contributed by atoms with Gasteiger partial charge < -0.3 is 10.2 Å². The molecular formula is C13H27N3O2S. The lowest BCUT2D eigenvalue weighted by molar-refractivity contribution is 0.121. The van der Waals surface area contributed by atoms with Gasteiger partial charge in [0.25, 0.3) is 0 Å². The van der Waals surface area contributed by atoms with Gasteiger partial charge in [-0.15, -0.1) is 0 Å². The second-order valence-electron chi connectivity index (χ2n) is 6.55. The van der Waals surface area contributed by atoms with E-state index in [4.69, 9.17) is 0 Å². The number of hydrogen-bond donors (Lipinski definition) is 1. The Bertz CT molecular complexity index is 396. The molecule has 0 radical (unpaired) electrons. The highest BCUT2D eigenvalue weighted by Crippen LogP contribution is 2.27. The molecule has 1 N–H and O–H groups in total. The first-order valence-corrected chi connectivity index (χ1v) is 9.01. The molecule has 0 spiro atoms. The molecule has 19 heavy (non-hydrogen) atoms. The lowest BCUT2D eigenvalue weighted by atomic mass is 9.88. The molecule has 2 rings (SSSR count). The first-order chi connectivity index (χ1) is 8.80. The van der Waals surface area contributed by atoms with Crippen LogP contribution in [0.4, 0.5) is 0 Å². The molecule has 112 valence electrons. The third kappa shape index (κ3) is 3.90. The largest absolute Gasteiger partial charge is 0.316 e. The highest BCUT2D eigenvalue weighted by atomic mass is 32.2. The van der Waals surface area contributed by atoms with Crippen LogP contribution in [0.1, 0.15) is 26.2 Å². The maximum atomic E-state index is 11.5. The molecule has 2 saturated heterocycles. The van der Waals surface area contributed by atoms with E-state index in [1.54, 1.807) is 4.31 Å². The zero-order chi connectivity index (χ0) is 14.1. The minimum atomic E-state index is -3.00. The van der Waals surface area contributed by atoms with Gasteiger partial charge in [-0.2, -0.15) is 0 Å². The Kier molecular flexibility index (Phi) is 4.55. The fraction of sp³-hybridized carbons (Fsp3) is 1.00. The van der Waals surface area contributed by atoms with Gasteiger partial charge in [0.15, 0.2) is 0 Å². The van der Waals surface area contributed by atoms with Crippen molar-refractivity contribution in [2.45, 2.75) is 32.2 Å². The maximum absolute atomic E-state index is 11.5. The van der Waals surface area contributed by atoms with Crippen LogP contribution in [0.2, 0.25) is 0 Å². The zero-order valence-electron chi connectivity index (χ0n) is 12.4. The second-order valence-corrected chi connectivity index (χ2v) is 8.53. The third-order valence-electron chi connectivity index (χ3n) is 4.60. The van der Waals surface area contributed by atoms with Crippen LogP contribution in [0.15, 0.2) is 0 Å². The van der Waals surface area contributed by atoms with E-state index >= 15 is 0 Å². The predicted octanol–water partition coefficient (Wildman–Crippen LogP) is 0.342. The smallest absolute Gasteiger partial charge is 0.211 e. The van der Waals surface area contributed by atoms with Crippen molar-refractivity contribution >= 4 is 10.0 Å². The summed E-state index contributed by atoms with van der Waals surface area (Å²) in [4.78, 5) is 2.44. The van der Waals surface area contributed by atoms with Crippen molar-refractivity contribution in [3.05, 3.63) is 0 Å². The molecule has 0 aliphatic carbocycles. The van der Waals surface area contributed by atoms with Crippen molar-refractivity contribution in [2.24, 2.45) is 5.41 Å². The van der Waals surface area contributed by atoms with Gasteiger partial charge in [0.05, 0.1) is 6.26 Å². The average Bonchev–Trinajstić information content (AvgIpc) is 2.75. The van der Waals surface area contributed by atoms with E-state index in [9.17, 15) is 8.42 Å². The molecule has 5 nitrogen and oxygen atoms in total. The molecule has 0 saturated carbocycles. The molecule has 2 aliphatic rings. The third-order valence-corrected chi connectivity index (χ3v) is 5.91. The number of rotatable bonds is 4. The van der Waals surface area contributed by atoms with Crippen molar-refractivity contribution in [3.8, 4) is 0 Å². The monoisotopic (exact) mass is 289 g/mol. The first-order valence-electron chi connectivity index (χ1n) is 7.16. The van der Waals surface area contributed by atoms with Crippen LogP contribution in [0, 0.1) is 5.41 Å². The maximum Gasteiger partial charge on any atom is 0.211 e. The van der Waals surface area contributed by atoms with E-state index in [1.165, 1.54) is 12.7 Å². The van der Waals surface area contributed by atoms with Crippen LogP contribution in [0.25, 0.3) is 0 Å². The molecule has 6 heteroatoms. The Hall–Kier alpha value is -0.170. The Morgan fingerprint density at radius 1 is 1.37 bits per heavy atom. The summed E-state index contributed by atoms with van der Waals surface area (Å²) >= 11 is 0. The quantitative estimate of drug-likeness (QED) is 0.811. The van der Waals surface area contributed by atoms with Gasteiger partial charge in [-0.3, -0.25) is 0 Å². The molecule has 2 aliphatic heterocycles. The number of piperidine rings is 1. The van der Waals surface area contributed by atoms with Gasteiger partial charge in [-0.05, 0) is 38.3 Å². The molecule has 0 aromatic carbocycles. The fourth-order valence-corrected chi connectivity index (χ4v) is 4.22. The van der Waals surface area contributed by atoms with Gasteiger partial charge in [0, 0.05) is 32.2 Å². The van der Waals surface area contributed by atoms with Gasteiger partial charge in [0.1, 0.15) is 0 Å². The highest BCUT2D eigenvalue weighted by Gasteiger charge is 2.33. The van der Waals surface area contributed by atoms with E-state index in [1.807, 2.05) is 0 Å². The van der Waals surface area contributed by atoms with Gasteiger partial charge in [-0.1, -0.05) is 6.92 Å². The Morgan fingerprint density at radius 3 is 2.47 bits per heavy atom. The van der Waals surface area contributed by atoms with Gasteiger partial charge in [-0.25, -0.2) is 12.7 Å². The van der Waals surface area contributed by atoms with E-state index in [0.29, 0.717) is 24.5 Å². The summed E-state index contributed by atoms with van der Waals surface area (Å²) in [6.45, 7) is 7.00. The van der Waals surface area contributed by atoms with Crippen LogP contribution in [-0.2, 0) is 10.0 Å². The summed E-state index contributed by atoms with van der Waals surface area (Å²) in [6, 6.07) is 0.524. The Labute approximate surface area is 117 Å². The van der Waals surface area contributed by atoms with Crippen molar-refractivity contribution in [3.63, 3.8) is 0 Å². The topological polar surface area (TPSA) is 52.6 Å². The normalized spacial score (nSPS) is 31.2. The molecular weight excluding hydrogens is 262 g/mol. The van der Waals surface area contributed by atoms with Crippen molar-refractivity contribution in [2.75, 3.05) is 46.0 Å². The first kappa shape index (κ1) is 15.2. The van der Waals surface area contributed by atoms with Crippen LogP contribution in [-0.4, -0.2) is 69.7 Å². The van der Waals surface area contributed by atoms with Crippen molar-refractivity contribution in [1.29, 1.82) is 0 Å². The minimum Gasteiger partial charge on any atom is -0.316 e. The molecule has 2 fully saturated rings. The standard InChI is InChI=1S/C13H27N3O2S/c1-13(6-7-14-10-13)11-15(2)12-4-8-16(9-5-12)19(3,17)18/h12,14H,4-11H2,1-3H3. The predicted molar refractivity (Wildman–Crippen MR) is 77.7 cm³/mol. The molecule has 0 aromatic heterocycles. The average molecular weight is 289 g/mol. The molecule has 1 unspecified atom stereocenters. The van der Waals surface area contributed by atoms with E-state index in [0.717, 1.165) is 32.5 Å². The molecule has 1 atom stereocenters. The van der Waals surface area contributed by atoms with Crippen LogP contribution in [0.3, 0.4) is 0 Å². The minimum absolute atomic E-state index is 0.378. The lowest BCUT2D eigenvalue weighted by Gasteiger charge is -2.39. The summed E-state index contributed by atoms with van der Waals surface area (Å²) in [5.41, 5.74) is 0.378. The second kappa shape index (κ2) is 5.68. The Balaban J connectivity index is 1.84. The summed E-state index contributed by atoms with van der Waals surface area (Å²) in [5, 5.41) is 3.43. The number of hydrogen-bond acceptors (Lipinski definition) is 4. The van der Waals surface area contributed by atoms with Crippen LogP contribution in [0.5, 0.6) is 0 Å². The summed E-state index contributed by atoms with van der Waals surface area (Å²) in [5.74, 6) is 0. The summed E-state index contributed by atoms with van der Waals surface area (Å²) in [7, 11) is -0.820. The number of nitrogens with one attached hydrogen (secondary N) is 1. The van der Waals surface area contributed by atoms with E-state index in [-0.39, 0.29) is 0 Å². The van der Waals surface area contributed by atoms with Gasteiger partial charge in [0.2, 0.25) is 10.0 Å². The SMILES string of the molecule is CN(CC1(C)CCNC1)C1CCN(S(C)(=O)=O)CC1. The van der Waals surface area contributed by atoms with E-state index in [2.05, 4.69) is 24.2 Å². The van der Waals surface area contributed by atoms with Crippen molar-refractivity contribution < 1.29 is 8.42 Å². The number of nitrogens with zero attached hydrogens (tertiary/aromatic N) is 2. The van der Waals surface area contributed by atoms with Crippen molar-refractivity contribution in [1.82, 2.24) is 14.5 Å². The summed E-state index contributed by atoms with van der Waals surface area (Å²) < 4.78 is 24.6. The Morgan fingerprint density at radius 2 is 2.00 bits per heavy atom. The van der Waals surface area contributed by atoms with E-state index < -0.39 is 10.0 Å². The van der Waals surface area contributed by atoms with Crippen LogP contribution < -0.4 is 5.32 Å². The van der Waals surface area contributed by atoms with Gasteiger partial charge >= 0.3 is 0 Å². The number of sulfonamides is 1. The molecule has 2 heterocycles. The fourth-order valence-electron chi connectivity index (χ4n) is 3.35. The lowest BCUT2D eigenvalue weighted by Crippen LogP contribution is -2.48. The highest BCUT2D eigenvalue weighted by molar-refractivity contribution is 7.88. The van der Waals surface area contributed by atoms with Crippen LogP contribution >= 0.6 is 0 Å². The molecule has 0 bridgehead atoms. The zero-order valence-corrected chi connectivity index (χ0v) is 13.2. The summed E-state index contributed by atoms with van der Waals surface area (Å²) in [6.07, 6.45) is 4.45. The molecule has 0 amide bonds.